The Kier molecular flexibility index (Phi) is 6.39. The van der Waals surface area contributed by atoms with Gasteiger partial charge in [-0.25, -0.2) is 0 Å². The monoisotopic (exact) mass is 173 g/mol. The molecule has 0 aromatic rings. The van der Waals surface area contributed by atoms with E-state index in [-0.39, 0.29) is 6.10 Å². The van der Waals surface area contributed by atoms with Crippen LogP contribution in [0.5, 0.6) is 0 Å². The highest BCUT2D eigenvalue weighted by atomic mass is 16.3. The zero-order chi connectivity index (χ0) is 9.56. The number of hydrogen-bond donors (Lipinski definition) is 2. The number of aliphatic hydroxyl groups excluding tert-OH is 1. The molecule has 0 rings (SSSR count). The van der Waals surface area contributed by atoms with E-state index >= 15 is 0 Å². The molecule has 0 aliphatic rings. The van der Waals surface area contributed by atoms with Crippen molar-refractivity contribution in [3.8, 4) is 0 Å². The first-order chi connectivity index (χ1) is 5.57. The van der Waals surface area contributed by atoms with Crippen LogP contribution < -0.4 is 5.32 Å². The molecule has 0 aliphatic carbocycles. The Labute approximate surface area is 76.4 Å². The van der Waals surface area contributed by atoms with Crippen molar-refractivity contribution in [3.05, 3.63) is 0 Å². The van der Waals surface area contributed by atoms with E-state index in [4.69, 9.17) is 0 Å². The van der Waals surface area contributed by atoms with Gasteiger partial charge in [-0.1, -0.05) is 27.7 Å². The molecule has 0 saturated carbocycles. The Morgan fingerprint density at radius 1 is 1.17 bits per heavy atom. The fourth-order valence-corrected chi connectivity index (χ4v) is 0.858. The van der Waals surface area contributed by atoms with Gasteiger partial charge in [-0.05, 0) is 24.8 Å². The smallest absolute Gasteiger partial charge is 0.0662 e. The first kappa shape index (κ1) is 11.9. The minimum Gasteiger partial charge on any atom is -0.392 e. The highest BCUT2D eigenvalue weighted by molar-refractivity contribution is 4.63. The van der Waals surface area contributed by atoms with E-state index in [0.29, 0.717) is 5.92 Å². The van der Waals surface area contributed by atoms with Gasteiger partial charge in [-0.2, -0.15) is 0 Å². The molecule has 0 spiro atoms. The summed E-state index contributed by atoms with van der Waals surface area (Å²) in [5, 5.41) is 12.5. The van der Waals surface area contributed by atoms with E-state index in [1.807, 2.05) is 6.92 Å². The molecular formula is C10H23NO. The van der Waals surface area contributed by atoms with E-state index in [1.165, 1.54) is 0 Å². The third-order valence-electron chi connectivity index (χ3n) is 2.46. The highest BCUT2D eigenvalue weighted by Gasteiger charge is 2.06. The van der Waals surface area contributed by atoms with E-state index in [2.05, 4.69) is 26.1 Å². The summed E-state index contributed by atoms with van der Waals surface area (Å²) in [7, 11) is 0. The van der Waals surface area contributed by atoms with E-state index in [1.54, 1.807) is 0 Å². The molecule has 0 saturated heterocycles. The van der Waals surface area contributed by atoms with Gasteiger partial charge in [0.2, 0.25) is 0 Å². The van der Waals surface area contributed by atoms with E-state index in [9.17, 15) is 5.11 Å². The van der Waals surface area contributed by atoms with Crippen LogP contribution in [0.15, 0.2) is 0 Å². The maximum atomic E-state index is 9.25. The lowest BCUT2D eigenvalue weighted by atomic mass is 9.98. The summed E-state index contributed by atoms with van der Waals surface area (Å²) in [6.45, 7) is 10.4. The molecule has 2 atom stereocenters. The second-order valence-corrected chi connectivity index (χ2v) is 3.94. The molecule has 2 heteroatoms. The first-order valence-electron chi connectivity index (χ1n) is 4.96. The van der Waals surface area contributed by atoms with Crippen LogP contribution in [0.25, 0.3) is 0 Å². The Morgan fingerprint density at radius 3 is 2.17 bits per heavy atom. The van der Waals surface area contributed by atoms with Crippen molar-refractivity contribution in [1.29, 1.82) is 0 Å². The van der Waals surface area contributed by atoms with Crippen molar-refractivity contribution >= 4 is 0 Å². The standard InChI is InChI=1S/C10H23NO/c1-5-10(12)7-11-6-9(4)8(2)3/h8-12H,5-7H2,1-4H3. The fourth-order valence-electron chi connectivity index (χ4n) is 0.858. The van der Waals surface area contributed by atoms with Gasteiger partial charge in [-0.15, -0.1) is 0 Å². The largest absolute Gasteiger partial charge is 0.392 e. The summed E-state index contributed by atoms with van der Waals surface area (Å²) in [6.07, 6.45) is 0.660. The number of rotatable bonds is 6. The lowest BCUT2D eigenvalue weighted by Gasteiger charge is -2.17. The van der Waals surface area contributed by atoms with Crippen LogP contribution in [0.4, 0.5) is 0 Å². The summed E-state index contributed by atoms with van der Waals surface area (Å²) in [5.74, 6) is 1.41. The quantitative estimate of drug-likeness (QED) is 0.640. The molecule has 2 unspecified atom stereocenters. The summed E-state index contributed by atoms with van der Waals surface area (Å²) >= 11 is 0. The van der Waals surface area contributed by atoms with Gasteiger partial charge in [0.25, 0.3) is 0 Å². The average Bonchev–Trinajstić information content (AvgIpc) is 2.03. The maximum absolute atomic E-state index is 9.25. The van der Waals surface area contributed by atoms with E-state index < -0.39 is 0 Å². The minimum absolute atomic E-state index is 0.177. The van der Waals surface area contributed by atoms with Crippen LogP contribution in [0.3, 0.4) is 0 Å². The van der Waals surface area contributed by atoms with Crippen LogP contribution in [0.1, 0.15) is 34.1 Å². The van der Waals surface area contributed by atoms with Crippen LogP contribution in [0, 0.1) is 11.8 Å². The third kappa shape index (κ3) is 5.56. The molecular weight excluding hydrogens is 150 g/mol. The van der Waals surface area contributed by atoms with Crippen LogP contribution in [-0.2, 0) is 0 Å². The third-order valence-corrected chi connectivity index (χ3v) is 2.46. The second-order valence-electron chi connectivity index (χ2n) is 3.94. The zero-order valence-corrected chi connectivity index (χ0v) is 8.80. The van der Waals surface area contributed by atoms with Crippen molar-refractivity contribution in [2.75, 3.05) is 13.1 Å². The van der Waals surface area contributed by atoms with Gasteiger partial charge in [0, 0.05) is 6.54 Å². The van der Waals surface area contributed by atoms with Crippen molar-refractivity contribution in [1.82, 2.24) is 5.32 Å². The SMILES string of the molecule is CCC(O)CNCC(C)C(C)C. The van der Waals surface area contributed by atoms with Gasteiger partial charge in [0.15, 0.2) is 0 Å². The first-order valence-corrected chi connectivity index (χ1v) is 4.96. The minimum atomic E-state index is -0.177. The Hall–Kier alpha value is -0.0800. The summed E-state index contributed by atoms with van der Waals surface area (Å²) in [4.78, 5) is 0. The van der Waals surface area contributed by atoms with Crippen LogP contribution >= 0.6 is 0 Å². The van der Waals surface area contributed by atoms with Gasteiger partial charge < -0.3 is 10.4 Å². The van der Waals surface area contributed by atoms with Crippen LogP contribution in [-0.4, -0.2) is 24.3 Å². The number of hydrogen-bond acceptors (Lipinski definition) is 2. The molecule has 0 aliphatic heterocycles. The van der Waals surface area contributed by atoms with Crippen molar-refractivity contribution in [3.63, 3.8) is 0 Å². The van der Waals surface area contributed by atoms with E-state index in [0.717, 1.165) is 25.4 Å². The predicted octanol–water partition coefficient (Wildman–Crippen LogP) is 1.64. The Bertz CT molecular complexity index is 104. The Balaban J connectivity index is 3.30. The highest BCUT2D eigenvalue weighted by Crippen LogP contribution is 2.07. The number of aliphatic hydroxyl groups is 1. The van der Waals surface area contributed by atoms with Gasteiger partial charge >= 0.3 is 0 Å². The molecule has 74 valence electrons. The average molecular weight is 173 g/mol. The molecule has 0 fully saturated rings. The molecule has 0 aromatic carbocycles. The lowest BCUT2D eigenvalue weighted by molar-refractivity contribution is 0.164. The summed E-state index contributed by atoms with van der Waals surface area (Å²) in [5.41, 5.74) is 0. The van der Waals surface area contributed by atoms with Gasteiger partial charge in [-0.3, -0.25) is 0 Å². The van der Waals surface area contributed by atoms with Crippen molar-refractivity contribution in [2.24, 2.45) is 11.8 Å². The molecule has 2 N–H and O–H groups in total. The molecule has 0 heterocycles. The van der Waals surface area contributed by atoms with Crippen molar-refractivity contribution in [2.45, 2.75) is 40.2 Å². The topological polar surface area (TPSA) is 32.3 Å². The van der Waals surface area contributed by atoms with Crippen LogP contribution in [0.2, 0.25) is 0 Å². The summed E-state index contributed by atoms with van der Waals surface area (Å²) < 4.78 is 0. The molecule has 0 bridgehead atoms. The molecule has 0 amide bonds. The normalized spacial score (nSPS) is 16.5. The molecule has 12 heavy (non-hydrogen) atoms. The van der Waals surface area contributed by atoms with Crippen molar-refractivity contribution < 1.29 is 5.11 Å². The summed E-state index contributed by atoms with van der Waals surface area (Å²) in [6, 6.07) is 0. The fraction of sp³-hybridized carbons (Fsp3) is 1.00. The lowest BCUT2D eigenvalue weighted by Crippen LogP contribution is -2.31. The molecule has 0 radical (unpaired) electrons. The predicted molar refractivity (Wildman–Crippen MR) is 53.2 cm³/mol. The van der Waals surface area contributed by atoms with Gasteiger partial charge in [0.1, 0.15) is 0 Å². The second kappa shape index (κ2) is 6.44. The molecule has 2 nitrogen and oxygen atoms in total. The molecule has 0 aromatic heterocycles. The van der Waals surface area contributed by atoms with Gasteiger partial charge in [0.05, 0.1) is 6.10 Å². The zero-order valence-electron chi connectivity index (χ0n) is 8.80. The number of nitrogens with one attached hydrogen (secondary N) is 1. The maximum Gasteiger partial charge on any atom is 0.0662 e. The Morgan fingerprint density at radius 2 is 1.75 bits per heavy atom.